The van der Waals surface area contributed by atoms with Gasteiger partial charge in [0.15, 0.2) is 6.61 Å². The Labute approximate surface area is 141 Å². The Balaban J connectivity index is 1.90. The number of nitro benzene ring substituents is 1. The maximum Gasteiger partial charge on any atom is 0.277 e. The van der Waals surface area contributed by atoms with Crippen LogP contribution < -0.4 is 15.3 Å². The summed E-state index contributed by atoms with van der Waals surface area (Å²) >= 11 is 5.88. The Morgan fingerprint density at radius 3 is 2.79 bits per heavy atom. The van der Waals surface area contributed by atoms with Crippen LogP contribution in [0.2, 0.25) is 5.02 Å². The molecule has 1 N–H and O–H groups in total. The van der Waals surface area contributed by atoms with Gasteiger partial charge in [-0.1, -0.05) is 35.9 Å². The van der Waals surface area contributed by atoms with Crippen LogP contribution in [0.3, 0.4) is 0 Å². The van der Waals surface area contributed by atoms with Gasteiger partial charge in [0.1, 0.15) is 5.75 Å². The van der Waals surface area contributed by atoms with Gasteiger partial charge in [0.05, 0.1) is 16.2 Å². The summed E-state index contributed by atoms with van der Waals surface area (Å²) in [6.07, 6.45) is 1.18. The second-order valence-corrected chi connectivity index (χ2v) is 4.90. The van der Waals surface area contributed by atoms with Gasteiger partial charge in [-0.25, -0.2) is 5.43 Å². The van der Waals surface area contributed by atoms with Crippen LogP contribution in [0.5, 0.6) is 11.5 Å². The van der Waals surface area contributed by atoms with Crippen LogP contribution in [0.4, 0.5) is 5.69 Å². The summed E-state index contributed by atoms with van der Waals surface area (Å²) in [4.78, 5) is 21.5. The largest absolute Gasteiger partial charge is 0.868 e. The van der Waals surface area contributed by atoms with Gasteiger partial charge in [-0.15, -0.1) is 0 Å². The number of rotatable bonds is 6. The molecule has 124 valence electrons. The fourth-order valence-corrected chi connectivity index (χ4v) is 1.86. The molecule has 0 atom stereocenters. The molecule has 0 saturated heterocycles. The van der Waals surface area contributed by atoms with Gasteiger partial charge in [-0.05, 0) is 17.9 Å². The zero-order chi connectivity index (χ0) is 17.5. The molecule has 0 spiro atoms. The maximum atomic E-state index is 11.6. The molecule has 0 aliphatic rings. The Bertz CT molecular complexity index is 794. The molecule has 0 bridgehead atoms. The van der Waals surface area contributed by atoms with Gasteiger partial charge in [0.25, 0.3) is 11.6 Å². The Hall–Kier alpha value is -3.13. The Morgan fingerprint density at radius 2 is 2.08 bits per heavy atom. The zero-order valence-corrected chi connectivity index (χ0v) is 12.9. The molecule has 2 aromatic rings. The minimum absolute atomic E-state index is 0.300. The van der Waals surface area contributed by atoms with Gasteiger partial charge >= 0.3 is 0 Å². The maximum absolute atomic E-state index is 11.6. The van der Waals surface area contributed by atoms with Crippen molar-refractivity contribution in [1.82, 2.24) is 5.43 Å². The molecule has 1 amide bonds. The highest BCUT2D eigenvalue weighted by Gasteiger charge is 2.07. The van der Waals surface area contributed by atoms with Crippen molar-refractivity contribution in [1.29, 1.82) is 0 Å². The first-order valence-electron chi connectivity index (χ1n) is 6.62. The fraction of sp³-hybridized carbons (Fsp3) is 0.0667. The van der Waals surface area contributed by atoms with Gasteiger partial charge in [0.2, 0.25) is 0 Å². The van der Waals surface area contributed by atoms with E-state index in [0.29, 0.717) is 16.3 Å². The molecule has 0 saturated carbocycles. The average Bonchev–Trinajstić information content (AvgIpc) is 2.55. The molecule has 8 nitrogen and oxygen atoms in total. The Kier molecular flexibility index (Phi) is 5.69. The van der Waals surface area contributed by atoms with E-state index in [4.69, 9.17) is 16.3 Å². The van der Waals surface area contributed by atoms with Crippen LogP contribution in [-0.2, 0) is 4.79 Å². The average molecular weight is 349 g/mol. The van der Waals surface area contributed by atoms with Crippen LogP contribution >= 0.6 is 11.6 Å². The lowest BCUT2D eigenvalue weighted by atomic mass is 10.2. The number of amides is 1. The van der Waals surface area contributed by atoms with Crippen LogP contribution in [0.25, 0.3) is 0 Å². The summed E-state index contributed by atoms with van der Waals surface area (Å²) in [7, 11) is 0. The normalized spacial score (nSPS) is 10.5. The summed E-state index contributed by atoms with van der Waals surface area (Å²) in [5.74, 6) is -0.879. The molecule has 0 aliphatic carbocycles. The molecule has 0 unspecified atom stereocenters. The lowest BCUT2D eigenvalue weighted by Crippen LogP contribution is -2.24. The number of hydrogen-bond donors (Lipinski definition) is 1. The second kappa shape index (κ2) is 7.93. The highest BCUT2D eigenvalue weighted by atomic mass is 35.5. The monoisotopic (exact) mass is 348 g/mol. The van der Waals surface area contributed by atoms with E-state index in [1.165, 1.54) is 12.3 Å². The quantitative estimate of drug-likeness (QED) is 0.485. The first-order chi connectivity index (χ1) is 11.5. The predicted octanol–water partition coefficient (Wildman–Crippen LogP) is 1.85. The minimum Gasteiger partial charge on any atom is -0.868 e. The van der Waals surface area contributed by atoms with Crippen molar-refractivity contribution >= 4 is 29.4 Å². The summed E-state index contributed by atoms with van der Waals surface area (Å²) in [5, 5.41) is 25.9. The third-order valence-corrected chi connectivity index (χ3v) is 3.09. The third kappa shape index (κ3) is 4.68. The van der Waals surface area contributed by atoms with E-state index >= 15 is 0 Å². The summed E-state index contributed by atoms with van der Waals surface area (Å²) in [6.45, 7) is -0.305. The SMILES string of the molecule is O=C(COc1ccccc1Cl)NN=Cc1ccc([O-])c([N+](=O)[O-])c1. The van der Waals surface area contributed by atoms with Crippen molar-refractivity contribution in [2.45, 2.75) is 0 Å². The fourth-order valence-electron chi connectivity index (χ4n) is 1.67. The van der Waals surface area contributed by atoms with E-state index in [-0.39, 0.29) is 6.61 Å². The first-order valence-corrected chi connectivity index (χ1v) is 7.00. The van der Waals surface area contributed by atoms with Crippen LogP contribution in [0.15, 0.2) is 47.6 Å². The predicted molar refractivity (Wildman–Crippen MR) is 85.2 cm³/mol. The van der Waals surface area contributed by atoms with Gasteiger partial charge in [0, 0.05) is 11.6 Å². The van der Waals surface area contributed by atoms with Gasteiger partial charge < -0.3 is 9.84 Å². The highest BCUT2D eigenvalue weighted by molar-refractivity contribution is 6.32. The number of hydrogen-bond acceptors (Lipinski definition) is 6. The topological polar surface area (TPSA) is 117 Å². The number of ether oxygens (including phenoxy) is 1. The standard InChI is InChI=1S/C15H12ClN3O5/c16-11-3-1-2-4-14(11)24-9-15(21)18-17-8-10-5-6-13(20)12(7-10)19(22)23/h1-8,20H,9H2,(H,18,21)/p-1. The van der Waals surface area contributed by atoms with Crippen molar-refractivity contribution in [2.24, 2.45) is 5.10 Å². The molecule has 0 aliphatic heterocycles. The van der Waals surface area contributed by atoms with Crippen LogP contribution in [0, 0.1) is 10.1 Å². The van der Waals surface area contributed by atoms with Crippen molar-refractivity contribution in [3.63, 3.8) is 0 Å². The molecule has 24 heavy (non-hydrogen) atoms. The molecule has 2 rings (SSSR count). The molecule has 9 heteroatoms. The molecule has 0 aromatic heterocycles. The molecular formula is C15H11ClN3O5-. The van der Waals surface area contributed by atoms with Crippen molar-refractivity contribution < 1.29 is 19.6 Å². The number of carbonyl (C=O) groups excluding carboxylic acids is 1. The number of para-hydroxylation sites is 1. The number of benzene rings is 2. The number of hydrazone groups is 1. The van der Waals surface area contributed by atoms with E-state index in [0.717, 1.165) is 12.1 Å². The minimum atomic E-state index is -0.782. The van der Waals surface area contributed by atoms with Crippen LogP contribution in [-0.4, -0.2) is 23.7 Å². The first kappa shape index (κ1) is 17.2. The molecule has 0 heterocycles. The van der Waals surface area contributed by atoms with Gasteiger partial charge in [-0.2, -0.15) is 5.10 Å². The summed E-state index contributed by atoms with van der Waals surface area (Å²) < 4.78 is 5.22. The number of carbonyl (C=O) groups is 1. The van der Waals surface area contributed by atoms with Crippen LogP contribution in [0.1, 0.15) is 5.56 Å². The zero-order valence-electron chi connectivity index (χ0n) is 12.1. The Morgan fingerprint density at radius 1 is 1.33 bits per heavy atom. The van der Waals surface area contributed by atoms with E-state index in [1.54, 1.807) is 24.3 Å². The molecule has 0 fully saturated rings. The van der Waals surface area contributed by atoms with E-state index < -0.39 is 22.3 Å². The molecule has 0 radical (unpaired) electrons. The lowest BCUT2D eigenvalue weighted by Gasteiger charge is -2.07. The third-order valence-electron chi connectivity index (χ3n) is 2.78. The summed E-state index contributed by atoms with van der Waals surface area (Å²) in [6, 6.07) is 10.2. The second-order valence-electron chi connectivity index (χ2n) is 4.50. The smallest absolute Gasteiger partial charge is 0.277 e. The highest BCUT2D eigenvalue weighted by Crippen LogP contribution is 2.23. The molecular weight excluding hydrogens is 338 g/mol. The summed E-state index contributed by atoms with van der Waals surface area (Å²) in [5.41, 5.74) is 1.94. The lowest BCUT2D eigenvalue weighted by molar-refractivity contribution is -0.398. The van der Waals surface area contributed by atoms with Gasteiger partial charge in [-0.3, -0.25) is 14.9 Å². The van der Waals surface area contributed by atoms with E-state index in [9.17, 15) is 20.0 Å². The number of halogens is 1. The number of nitrogens with one attached hydrogen (secondary N) is 1. The number of nitrogens with zero attached hydrogens (tertiary/aromatic N) is 2. The van der Waals surface area contributed by atoms with Crippen molar-refractivity contribution in [3.05, 3.63) is 63.2 Å². The van der Waals surface area contributed by atoms with E-state index in [2.05, 4.69) is 10.5 Å². The van der Waals surface area contributed by atoms with Crippen molar-refractivity contribution in [3.8, 4) is 11.5 Å². The van der Waals surface area contributed by atoms with E-state index in [1.807, 2.05) is 0 Å². The molecule has 2 aromatic carbocycles. The number of nitro groups is 1. The van der Waals surface area contributed by atoms with Crippen molar-refractivity contribution in [2.75, 3.05) is 6.61 Å².